The molecule has 0 aliphatic heterocycles. The molecule has 0 saturated heterocycles. The van der Waals surface area contributed by atoms with Gasteiger partial charge in [-0.25, -0.2) is 4.79 Å². The summed E-state index contributed by atoms with van der Waals surface area (Å²) < 4.78 is 6.04. The first-order chi connectivity index (χ1) is 7.24. The van der Waals surface area contributed by atoms with Gasteiger partial charge in [0.25, 0.3) is 5.56 Å². The fraction of sp³-hybridized carbons (Fsp3) is 0.0909. The summed E-state index contributed by atoms with van der Waals surface area (Å²) in [6, 6.07) is 8.02. The molecule has 0 aliphatic carbocycles. The zero-order valence-corrected chi connectivity index (χ0v) is 8.14. The second-order valence-electron chi connectivity index (χ2n) is 3.03. The van der Waals surface area contributed by atoms with Crippen LogP contribution in [0.25, 0.3) is 5.52 Å². The molecule has 4 heteroatoms. The lowest BCUT2D eigenvalue weighted by atomic mass is 10.2. The summed E-state index contributed by atoms with van der Waals surface area (Å²) in [5.41, 5.74) is 0.771. The smallest absolute Gasteiger partial charge is 0.339 e. The van der Waals surface area contributed by atoms with Crippen molar-refractivity contribution in [1.29, 1.82) is 0 Å². The molecule has 0 spiro atoms. The predicted octanol–water partition coefficient (Wildman–Crippen LogP) is 1.09. The molecule has 0 aromatic carbocycles. The molecule has 2 rings (SSSR count). The number of carbonyl (C=O) groups is 1. The summed E-state index contributed by atoms with van der Waals surface area (Å²) in [5.74, 6) is -0.446. The molecule has 2 aromatic rings. The molecule has 0 unspecified atom stereocenters. The highest BCUT2D eigenvalue weighted by Crippen LogP contribution is 2.08. The standard InChI is InChI=1S/C11H9NO3/c1-15-11(14)8-5-6-10(13)12-7-3-2-4-9(8)12/h2-7H,1H3. The molecular formula is C11H9NO3. The van der Waals surface area contributed by atoms with Crippen LogP contribution in [0.2, 0.25) is 0 Å². The lowest BCUT2D eigenvalue weighted by Gasteiger charge is -2.04. The van der Waals surface area contributed by atoms with Gasteiger partial charge in [-0.15, -0.1) is 0 Å². The average molecular weight is 203 g/mol. The van der Waals surface area contributed by atoms with Crippen LogP contribution in [-0.2, 0) is 4.74 Å². The Bertz CT molecular complexity index is 571. The van der Waals surface area contributed by atoms with E-state index < -0.39 is 5.97 Å². The number of nitrogens with zero attached hydrogens (tertiary/aromatic N) is 1. The molecule has 0 fully saturated rings. The molecule has 15 heavy (non-hydrogen) atoms. The van der Waals surface area contributed by atoms with Gasteiger partial charge >= 0.3 is 5.97 Å². The summed E-state index contributed by atoms with van der Waals surface area (Å²) in [6.45, 7) is 0. The van der Waals surface area contributed by atoms with Crippen molar-refractivity contribution in [2.45, 2.75) is 0 Å². The molecular weight excluding hydrogens is 194 g/mol. The lowest BCUT2D eigenvalue weighted by molar-refractivity contribution is 0.0602. The molecule has 0 atom stereocenters. The number of ether oxygens (including phenoxy) is 1. The topological polar surface area (TPSA) is 47.8 Å². The third-order valence-electron chi connectivity index (χ3n) is 2.17. The number of rotatable bonds is 1. The number of carbonyl (C=O) groups excluding carboxylic acids is 1. The number of methoxy groups -OCH3 is 1. The Morgan fingerprint density at radius 3 is 2.80 bits per heavy atom. The first-order valence-electron chi connectivity index (χ1n) is 4.43. The van der Waals surface area contributed by atoms with Gasteiger partial charge in [0.05, 0.1) is 18.2 Å². The van der Waals surface area contributed by atoms with Crippen LogP contribution in [-0.4, -0.2) is 17.5 Å². The number of pyridine rings is 2. The second-order valence-corrected chi connectivity index (χ2v) is 3.03. The quantitative estimate of drug-likeness (QED) is 0.652. The fourth-order valence-corrected chi connectivity index (χ4v) is 1.46. The Hall–Kier alpha value is -2.10. The van der Waals surface area contributed by atoms with Crippen LogP contribution < -0.4 is 5.56 Å². The van der Waals surface area contributed by atoms with Crippen molar-refractivity contribution in [1.82, 2.24) is 4.40 Å². The molecule has 4 nitrogen and oxygen atoms in total. The van der Waals surface area contributed by atoms with Gasteiger partial charge < -0.3 is 4.74 Å². The first-order valence-corrected chi connectivity index (χ1v) is 4.43. The fourth-order valence-electron chi connectivity index (χ4n) is 1.46. The normalized spacial score (nSPS) is 10.2. The van der Waals surface area contributed by atoms with Gasteiger partial charge in [-0.3, -0.25) is 9.20 Å². The van der Waals surface area contributed by atoms with Crippen LogP contribution >= 0.6 is 0 Å². The minimum absolute atomic E-state index is 0.168. The minimum Gasteiger partial charge on any atom is -0.465 e. The zero-order chi connectivity index (χ0) is 10.8. The van der Waals surface area contributed by atoms with Crippen molar-refractivity contribution in [3.63, 3.8) is 0 Å². The van der Waals surface area contributed by atoms with E-state index in [4.69, 9.17) is 0 Å². The van der Waals surface area contributed by atoms with Crippen LogP contribution in [0.4, 0.5) is 0 Å². The number of esters is 1. The molecule has 0 saturated carbocycles. The molecule has 76 valence electrons. The number of fused-ring (bicyclic) bond motifs is 1. The van der Waals surface area contributed by atoms with Gasteiger partial charge in [-0.2, -0.15) is 0 Å². The van der Waals surface area contributed by atoms with Crippen LogP contribution in [0.5, 0.6) is 0 Å². The van der Waals surface area contributed by atoms with Gasteiger partial charge in [0.1, 0.15) is 0 Å². The van der Waals surface area contributed by atoms with Crippen molar-refractivity contribution in [3.05, 3.63) is 52.4 Å². The molecule has 0 aliphatic rings. The Morgan fingerprint density at radius 1 is 1.27 bits per heavy atom. The van der Waals surface area contributed by atoms with Crippen molar-refractivity contribution in [3.8, 4) is 0 Å². The number of aromatic nitrogens is 1. The maximum Gasteiger partial charge on any atom is 0.339 e. The molecule has 0 amide bonds. The van der Waals surface area contributed by atoms with Gasteiger partial charge in [0.15, 0.2) is 0 Å². The summed E-state index contributed by atoms with van der Waals surface area (Å²) in [6.07, 6.45) is 1.62. The Morgan fingerprint density at radius 2 is 2.07 bits per heavy atom. The van der Waals surface area contributed by atoms with E-state index in [0.29, 0.717) is 11.1 Å². The highest BCUT2D eigenvalue weighted by atomic mass is 16.5. The maximum atomic E-state index is 11.5. The summed E-state index contributed by atoms with van der Waals surface area (Å²) in [4.78, 5) is 22.9. The number of hydrogen-bond donors (Lipinski definition) is 0. The predicted molar refractivity (Wildman–Crippen MR) is 55.0 cm³/mol. The Labute approximate surface area is 85.7 Å². The highest BCUT2D eigenvalue weighted by molar-refractivity contribution is 5.96. The molecule has 0 radical (unpaired) electrons. The van der Waals surface area contributed by atoms with Gasteiger partial charge in [0, 0.05) is 12.3 Å². The third-order valence-corrected chi connectivity index (χ3v) is 2.17. The minimum atomic E-state index is -0.446. The molecule has 2 heterocycles. The zero-order valence-electron chi connectivity index (χ0n) is 8.14. The van der Waals surface area contributed by atoms with E-state index in [9.17, 15) is 9.59 Å². The van der Waals surface area contributed by atoms with E-state index in [0.717, 1.165) is 0 Å². The van der Waals surface area contributed by atoms with Crippen LogP contribution in [0.1, 0.15) is 10.4 Å². The Balaban J connectivity index is 2.83. The molecule has 2 aromatic heterocycles. The van der Waals surface area contributed by atoms with E-state index in [1.54, 1.807) is 24.4 Å². The van der Waals surface area contributed by atoms with Crippen LogP contribution in [0, 0.1) is 0 Å². The SMILES string of the molecule is COC(=O)c1ccc(=O)n2ccccc12. The molecule has 0 bridgehead atoms. The second kappa shape index (κ2) is 3.57. The van der Waals surface area contributed by atoms with Gasteiger partial charge in [0.2, 0.25) is 0 Å². The summed E-state index contributed by atoms with van der Waals surface area (Å²) >= 11 is 0. The van der Waals surface area contributed by atoms with E-state index in [1.165, 1.54) is 23.6 Å². The molecule has 0 N–H and O–H groups in total. The first kappa shape index (κ1) is 9.45. The van der Waals surface area contributed by atoms with Gasteiger partial charge in [-0.05, 0) is 18.2 Å². The average Bonchev–Trinajstić information content (AvgIpc) is 2.29. The highest BCUT2D eigenvalue weighted by Gasteiger charge is 2.10. The lowest BCUT2D eigenvalue weighted by Crippen LogP contribution is -2.15. The van der Waals surface area contributed by atoms with Crippen LogP contribution in [0.3, 0.4) is 0 Å². The van der Waals surface area contributed by atoms with Crippen LogP contribution in [0.15, 0.2) is 41.3 Å². The van der Waals surface area contributed by atoms with E-state index in [-0.39, 0.29) is 5.56 Å². The summed E-state index contributed by atoms with van der Waals surface area (Å²) in [5, 5.41) is 0. The third kappa shape index (κ3) is 1.50. The largest absolute Gasteiger partial charge is 0.465 e. The Kier molecular flexibility index (Phi) is 2.25. The maximum absolute atomic E-state index is 11.5. The van der Waals surface area contributed by atoms with Gasteiger partial charge in [-0.1, -0.05) is 6.07 Å². The van der Waals surface area contributed by atoms with Crippen molar-refractivity contribution >= 4 is 11.5 Å². The van der Waals surface area contributed by atoms with E-state index in [1.807, 2.05) is 0 Å². The number of hydrogen-bond acceptors (Lipinski definition) is 3. The van der Waals surface area contributed by atoms with E-state index in [2.05, 4.69) is 4.74 Å². The van der Waals surface area contributed by atoms with E-state index >= 15 is 0 Å². The summed E-state index contributed by atoms with van der Waals surface area (Å²) in [7, 11) is 1.31. The van der Waals surface area contributed by atoms with Crippen molar-refractivity contribution in [2.75, 3.05) is 7.11 Å². The van der Waals surface area contributed by atoms with Crippen molar-refractivity contribution in [2.24, 2.45) is 0 Å². The monoisotopic (exact) mass is 203 g/mol. The van der Waals surface area contributed by atoms with Crippen molar-refractivity contribution < 1.29 is 9.53 Å².